The molecule has 0 amide bonds. The van der Waals surface area contributed by atoms with Crippen molar-refractivity contribution in [1.82, 2.24) is 14.8 Å². The molecular formula is C15H17ClN4O3S. The highest BCUT2D eigenvalue weighted by molar-refractivity contribution is 7.99. The van der Waals surface area contributed by atoms with Gasteiger partial charge in [0.1, 0.15) is 5.82 Å². The van der Waals surface area contributed by atoms with Crippen LogP contribution in [-0.4, -0.2) is 31.2 Å². The summed E-state index contributed by atoms with van der Waals surface area (Å²) in [5.74, 6) is 0.699. The molecule has 0 saturated carbocycles. The Kier molecular flexibility index (Phi) is 6.33. The molecule has 0 aliphatic heterocycles. The van der Waals surface area contributed by atoms with Crippen LogP contribution in [0.2, 0.25) is 5.02 Å². The first-order valence-corrected chi connectivity index (χ1v) is 8.86. The third kappa shape index (κ3) is 4.12. The number of carbonyl (C=O) groups excluding carboxylic acids is 1. The van der Waals surface area contributed by atoms with Crippen LogP contribution in [0, 0.1) is 10.1 Å². The van der Waals surface area contributed by atoms with Gasteiger partial charge in [-0.3, -0.25) is 14.9 Å². The number of ketones is 1. The molecule has 0 atom stereocenters. The van der Waals surface area contributed by atoms with Crippen LogP contribution < -0.4 is 0 Å². The van der Waals surface area contributed by atoms with Crippen molar-refractivity contribution in [3.8, 4) is 0 Å². The first-order valence-electron chi connectivity index (χ1n) is 7.49. The summed E-state index contributed by atoms with van der Waals surface area (Å²) in [6, 6.07) is 3.85. The van der Waals surface area contributed by atoms with Crippen molar-refractivity contribution in [1.29, 1.82) is 0 Å². The number of nitrogens with zero attached hydrogens (tertiary/aromatic N) is 4. The Hall–Kier alpha value is -1.93. The molecule has 0 radical (unpaired) electrons. The van der Waals surface area contributed by atoms with Gasteiger partial charge in [0.05, 0.1) is 15.7 Å². The van der Waals surface area contributed by atoms with Crippen LogP contribution in [0.15, 0.2) is 23.4 Å². The summed E-state index contributed by atoms with van der Waals surface area (Å²) in [5, 5.41) is 20.0. The number of halogens is 1. The molecule has 24 heavy (non-hydrogen) atoms. The van der Waals surface area contributed by atoms with Gasteiger partial charge in [0, 0.05) is 30.7 Å². The molecule has 9 heteroatoms. The van der Waals surface area contributed by atoms with Crippen LogP contribution in [0.3, 0.4) is 0 Å². The molecule has 1 aromatic carbocycles. The van der Waals surface area contributed by atoms with Crippen LogP contribution in [0.5, 0.6) is 0 Å². The van der Waals surface area contributed by atoms with E-state index in [2.05, 4.69) is 17.1 Å². The standard InChI is InChI=1S/C15H17ClN4O3S/c1-3-5-14-17-18-15(19(14)4-2)24-9-13(21)11-8-10(20(22)23)6-7-12(11)16/h6-8H,3-5,9H2,1-2H3. The number of benzene rings is 1. The van der Waals surface area contributed by atoms with Crippen molar-refractivity contribution in [2.75, 3.05) is 5.75 Å². The van der Waals surface area contributed by atoms with E-state index in [9.17, 15) is 14.9 Å². The monoisotopic (exact) mass is 368 g/mol. The average molecular weight is 369 g/mol. The second kappa shape index (κ2) is 8.25. The first-order chi connectivity index (χ1) is 11.5. The molecule has 0 fully saturated rings. The lowest BCUT2D eigenvalue weighted by molar-refractivity contribution is -0.384. The molecule has 0 unspecified atom stereocenters. The minimum Gasteiger partial charge on any atom is -0.306 e. The first kappa shape index (κ1) is 18.4. The number of Topliss-reactive ketones (excluding diaryl/α,β-unsaturated/α-hetero) is 1. The average Bonchev–Trinajstić information content (AvgIpc) is 2.95. The van der Waals surface area contributed by atoms with Crippen molar-refractivity contribution in [2.45, 2.75) is 38.4 Å². The number of hydrogen-bond donors (Lipinski definition) is 0. The highest BCUT2D eigenvalue weighted by atomic mass is 35.5. The zero-order chi connectivity index (χ0) is 17.7. The number of aromatic nitrogens is 3. The van der Waals surface area contributed by atoms with Crippen LogP contribution >= 0.6 is 23.4 Å². The second-order valence-corrected chi connectivity index (χ2v) is 6.38. The molecule has 2 rings (SSSR count). The molecule has 0 spiro atoms. The van der Waals surface area contributed by atoms with Gasteiger partial charge in [-0.15, -0.1) is 10.2 Å². The highest BCUT2D eigenvalue weighted by Gasteiger charge is 2.18. The molecule has 0 N–H and O–H groups in total. The van der Waals surface area contributed by atoms with Crippen molar-refractivity contribution >= 4 is 34.8 Å². The highest BCUT2D eigenvalue weighted by Crippen LogP contribution is 2.25. The summed E-state index contributed by atoms with van der Waals surface area (Å²) >= 11 is 7.25. The Morgan fingerprint density at radius 1 is 1.38 bits per heavy atom. The number of hydrogen-bond acceptors (Lipinski definition) is 6. The molecular weight excluding hydrogens is 352 g/mol. The molecule has 0 aliphatic rings. The van der Waals surface area contributed by atoms with Gasteiger partial charge in [0.15, 0.2) is 10.9 Å². The van der Waals surface area contributed by atoms with Gasteiger partial charge in [-0.05, 0) is 19.4 Å². The van der Waals surface area contributed by atoms with Crippen LogP contribution in [0.1, 0.15) is 36.5 Å². The van der Waals surface area contributed by atoms with E-state index in [4.69, 9.17) is 11.6 Å². The minimum absolute atomic E-state index is 0.0884. The Morgan fingerprint density at radius 2 is 2.12 bits per heavy atom. The van der Waals surface area contributed by atoms with Crippen molar-refractivity contribution < 1.29 is 9.72 Å². The molecule has 1 heterocycles. The SMILES string of the molecule is CCCc1nnc(SCC(=O)c2cc([N+](=O)[O-])ccc2Cl)n1CC. The van der Waals surface area contributed by atoms with E-state index in [1.54, 1.807) is 0 Å². The van der Waals surface area contributed by atoms with Crippen LogP contribution in [0.25, 0.3) is 0 Å². The van der Waals surface area contributed by atoms with Gasteiger partial charge in [-0.2, -0.15) is 0 Å². The van der Waals surface area contributed by atoms with Gasteiger partial charge in [-0.1, -0.05) is 30.3 Å². The maximum atomic E-state index is 12.4. The zero-order valence-corrected chi connectivity index (χ0v) is 14.9. The van der Waals surface area contributed by atoms with Crippen molar-refractivity contribution in [2.24, 2.45) is 0 Å². The normalized spacial score (nSPS) is 10.8. The van der Waals surface area contributed by atoms with Crippen LogP contribution in [-0.2, 0) is 13.0 Å². The molecule has 0 saturated heterocycles. The minimum atomic E-state index is -0.551. The molecule has 0 aliphatic carbocycles. The Labute approximate surface area is 148 Å². The lowest BCUT2D eigenvalue weighted by atomic mass is 10.1. The Bertz CT molecular complexity index is 763. The maximum Gasteiger partial charge on any atom is 0.270 e. The molecule has 0 bridgehead atoms. The van der Waals surface area contributed by atoms with Gasteiger partial charge < -0.3 is 4.57 Å². The smallest absolute Gasteiger partial charge is 0.270 e. The Morgan fingerprint density at radius 3 is 2.75 bits per heavy atom. The van der Waals surface area contributed by atoms with E-state index < -0.39 is 4.92 Å². The van der Waals surface area contributed by atoms with E-state index in [1.807, 2.05) is 11.5 Å². The second-order valence-electron chi connectivity index (χ2n) is 5.03. The van der Waals surface area contributed by atoms with Gasteiger partial charge in [0.2, 0.25) is 0 Å². The number of carbonyl (C=O) groups is 1. The third-order valence-corrected chi connectivity index (χ3v) is 4.67. The fourth-order valence-electron chi connectivity index (χ4n) is 2.20. The summed E-state index contributed by atoms with van der Waals surface area (Å²) in [5.41, 5.74) is -0.00980. The summed E-state index contributed by atoms with van der Waals surface area (Å²) in [6.45, 7) is 4.78. The summed E-state index contributed by atoms with van der Waals surface area (Å²) < 4.78 is 1.97. The van der Waals surface area contributed by atoms with E-state index in [0.717, 1.165) is 25.2 Å². The molecule has 7 nitrogen and oxygen atoms in total. The molecule has 2 aromatic rings. The summed E-state index contributed by atoms with van der Waals surface area (Å²) in [7, 11) is 0. The number of non-ortho nitro benzene ring substituents is 1. The number of thioether (sulfide) groups is 1. The lowest BCUT2D eigenvalue weighted by Crippen LogP contribution is -2.07. The quantitative estimate of drug-likeness (QED) is 0.304. The van der Waals surface area contributed by atoms with Gasteiger partial charge in [-0.25, -0.2) is 0 Å². The van der Waals surface area contributed by atoms with E-state index in [1.165, 1.54) is 30.0 Å². The third-order valence-electron chi connectivity index (χ3n) is 3.38. The number of rotatable bonds is 8. The predicted octanol–water partition coefficient (Wildman–Crippen LogP) is 3.79. The van der Waals surface area contributed by atoms with Gasteiger partial charge >= 0.3 is 0 Å². The topological polar surface area (TPSA) is 90.9 Å². The number of nitro benzene ring substituents is 1. The van der Waals surface area contributed by atoms with E-state index >= 15 is 0 Å². The summed E-state index contributed by atoms with van der Waals surface area (Å²) in [4.78, 5) is 22.6. The maximum absolute atomic E-state index is 12.4. The fourth-order valence-corrected chi connectivity index (χ4v) is 3.33. The van der Waals surface area contributed by atoms with Gasteiger partial charge in [0.25, 0.3) is 5.69 Å². The lowest BCUT2D eigenvalue weighted by Gasteiger charge is -2.07. The summed E-state index contributed by atoms with van der Waals surface area (Å²) in [6.07, 6.45) is 1.79. The van der Waals surface area contributed by atoms with Crippen LogP contribution in [0.4, 0.5) is 5.69 Å². The predicted molar refractivity (Wildman–Crippen MR) is 92.9 cm³/mol. The molecule has 1 aromatic heterocycles. The van der Waals surface area contributed by atoms with E-state index in [-0.39, 0.29) is 27.8 Å². The zero-order valence-electron chi connectivity index (χ0n) is 13.4. The van der Waals surface area contributed by atoms with E-state index in [0.29, 0.717) is 5.16 Å². The largest absolute Gasteiger partial charge is 0.306 e. The Balaban J connectivity index is 2.14. The fraction of sp³-hybridized carbons (Fsp3) is 0.400. The van der Waals surface area contributed by atoms with Crippen molar-refractivity contribution in [3.63, 3.8) is 0 Å². The molecule has 128 valence electrons. The number of nitro groups is 1. The number of aryl methyl sites for hydroxylation is 1. The van der Waals surface area contributed by atoms with Crippen molar-refractivity contribution in [3.05, 3.63) is 44.7 Å².